The third-order valence-corrected chi connectivity index (χ3v) is 1.34. The Labute approximate surface area is 75.1 Å². The Morgan fingerprint density at radius 1 is 1.31 bits per heavy atom. The second kappa shape index (κ2) is 4.66. The number of aliphatic imine (C=N–C) groups is 1. The van der Waals surface area contributed by atoms with Crippen molar-refractivity contribution in [3.63, 3.8) is 0 Å². The van der Waals surface area contributed by atoms with E-state index in [2.05, 4.69) is 16.8 Å². The first kappa shape index (κ1) is 8.92. The van der Waals surface area contributed by atoms with Crippen molar-refractivity contribution in [3.05, 3.63) is 29.8 Å². The number of para-hydroxylation sites is 1. The normalized spacial score (nSPS) is 7.69. The highest BCUT2D eigenvalue weighted by Gasteiger charge is 1.94. The molecule has 0 aliphatic carbocycles. The lowest BCUT2D eigenvalue weighted by Gasteiger charge is -1.92. The first-order valence-electron chi connectivity index (χ1n) is 3.50. The maximum absolute atomic E-state index is 9.99. The summed E-state index contributed by atoms with van der Waals surface area (Å²) in [7, 11) is 0. The number of hydrogen-bond donors (Lipinski definition) is 0. The highest BCUT2D eigenvalue weighted by molar-refractivity contribution is 5.75. The minimum absolute atomic E-state index is 0.423. The van der Waals surface area contributed by atoms with Crippen molar-refractivity contribution in [2.75, 3.05) is 0 Å². The average Bonchev–Trinajstić information content (AvgIpc) is 2.17. The number of hydrogen-bond acceptors (Lipinski definition) is 3. The highest BCUT2D eigenvalue weighted by atomic mass is 16.1. The Balaban J connectivity index is 3.18. The zero-order chi connectivity index (χ0) is 9.52. The fraction of sp³-hybridized carbons (Fsp3) is 0. The number of aldehydes is 1. The zero-order valence-electron chi connectivity index (χ0n) is 6.65. The summed E-state index contributed by atoms with van der Waals surface area (Å²) in [6, 6.07) is 6.77. The fourth-order valence-electron chi connectivity index (χ4n) is 0.833. The average molecular weight is 171 g/mol. The molecule has 3 nitrogen and oxygen atoms in total. The van der Waals surface area contributed by atoms with Crippen LogP contribution in [0, 0.1) is 11.8 Å². The summed E-state index contributed by atoms with van der Waals surface area (Å²) in [6.45, 7) is 0. The van der Waals surface area contributed by atoms with Crippen LogP contribution in [0.15, 0.2) is 29.3 Å². The summed E-state index contributed by atoms with van der Waals surface area (Å²) < 4.78 is 0. The van der Waals surface area contributed by atoms with Gasteiger partial charge in [-0.05, 0) is 18.1 Å². The number of carbonyl (C=O) groups is 1. The van der Waals surface area contributed by atoms with E-state index in [9.17, 15) is 9.59 Å². The van der Waals surface area contributed by atoms with Crippen molar-refractivity contribution in [2.24, 2.45) is 4.99 Å². The second-order valence-electron chi connectivity index (χ2n) is 2.11. The lowest BCUT2D eigenvalue weighted by molar-refractivity contribution is -0.103. The molecule has 0 bridgehead atoms. The molecule has 3 heteroatoms. The van der Waals surface area contributed by atoms with E-state index >= 15 is 0 Å². The van der Waals surface area contributed by atoms with Gasteiger partial charge < -0.3 is 0 Å². The summed E-state index contributed by atoms with van der Waals surface area (Å²) in [4.78, 5) is 23.4. The van der Waals surface area contributed by atoms with Crippen LogP contribution in [0.25, 0.3) is 0 Å². The summed E-state index contributed by atoms with van der Waals surface area (Å²) in [5.41, 5.74) is 0.963. The Morgan fingerprint density at radius 3 is 2.77 bits per heavy atom. The van der Waals surface area contributed by atoms with E-state index in [1.807, 2.05) is 0 Å². The molecule has 0 saturated carbocycles. The van der Waals surface area contributed by atoms with Crippen LogP contribution in [-0.4, -0.2) is 12.4 Å². The first-order valence-corrected chi connectivity index (χ1v) is 3.50. The lowest BCUT2D eigenvalue weighted by Crippen LogP contribution is -1.75. The van der Waals surface area contributed by atoms with Gasteiger partial charge in [-0.1, -0.05) is 18.1 Å². The molecule has 13 heavy (non-hydrogen) atoms. The third-order valence-electron chi connectivity index (χ3n) is 1.34. The van der Waals surface area contributed by atoms with Crippen molar-refractivity contribution in [1.82, 2.24) is 0 Å². The van der Waals surface area contributed by atoms with Crippen LogP contribution < -0.4 is 0 Å². The van der Waals surface area contributed by atoms with Gasteiger partial charge in [0, 0.05) is 0 Å². The van der Waals surface area contributed by atoms with E-state index in [1.54, 1.807) is 24.3 Å². The molecule has 0 radical (unpaired) electrons. The number of nitrogens with zero attached hydrogens (tertiary/aromatic N) is 1. The van der Waals surface area contributed by atoms with Crippen LogP contribution >= 0.6 is 0 Å². The monoisotopic (exact) mass is 171 g/mol. The van der Waals surface area contributed by atoms with Gasteiger partial charge in [0.05, 0.1) is 11.3 Å². The van der Waals surface area contributed by atoms with Gasteiger partial charge in [0.15, 0.2) is 6.29 Å². The SMILES string of the molecule is O=C=Nc1ccccc1C#CC=O. The molecule has 1 aromatic carbocycles. The maximum atomic E-state index is 9.99. The molecular formula is C10H5NO2. The van der Waals surface area contributed by atoms with E-state index in [-0.39, 0.29) is 0 Å². The smallest absolute Gasteiger partial charge is 0.240 e. The van der Waals surface area contributed by atoms with Gasteiger partial charge in [-0.25, -0.2) is 4.79 Å². The molecule has 1 rings (SSSR count). The number of rotatable bonds is 1. The first-order chi connectivity index (χ1) is 6.38. The summed E-state index contributed by atoms with van der Waals surface area (Å²) in [5, 5.41) is 0. The molecule has 0 spiro atoms. The largest absolute Gasteiger partial charge is 0.289 e. The second-order valence-corrected chi connectivity index (χ2v) is 2.11. The van der Waals surface area contributed by atoms with E-state index < -0.39 is 0 Å². The van der Waals surface area contributed by atoms with E-state index in [0.717, 1.165) is 0 Å². The van der Waals surface area contributed by atoms with Gasteiger partial charge in [-0.15, -0.1) is 0 Å². The predicted molar refractivity (Wildman–Crippen MR) is 47.2 cm³/mol. The molecule has 0 N–H and O–H groups in total. The number of isocyanates is 1. The van der Waals surface area contributed by atoms with Crippen LogP contribution in [-0.2, 0) is 9.59 Å². The van der Waals surface area contributed by atoms with Gasteiger partial charge >= 0.3 is 0 Å². The number of benzene rings is 1. The molecule has 0 aromatic heterocycles. The van der Waals surface area contributed by atoms with E-state index in [0.29, 0.717) is 17.5 Å². The topological polar surface area (TPSA) is 46.5 Å². The lowest BCUT2D eigenvalue weighted by atomic mass is 10.2. The molecule has 0 aliphatic rings. The molecule has 62 valence electrons. The van der Waals surface area contributed by atoms with Gasteiger partial charge in [0.25, 0.3) is 0 Å². The molecule has 0 unspecified atom stereocenters. The summed E-state index contributed by atoms with van der Waals surface area (Å²) in [5.74, 6) is 4.80. The third kappa shape index (κ3) is 2.41. The van der Waals surface area contributed by atoms with Crippen LogP contribution in [0.5, 0.6) is 0 Å². The van der Waals surface area contributed by atoms with Crippen molar-refractivity contribution < 1.29 is 9.59 Å². The minimum Gasteiger partial charge on any atom is -0.289 e. The van der Waals surface area contributed by atoms with Gasteiger partial charge in [-0.2, -0.15) is 4.99 Å². The Kier molecular flexibility index (Phi) is 3.20. The highest BCUT2D eigenvalue weighted by Crippen LogP contribution is 2.15. The van der Waals surface area contributed by atoms with Crippen molar-refractivity contribution in [1.29, 1.82) is 0 Å². The quantitative estimate of drug-likeness (QED) is 0.276. The molecule has 0 amide bonds. The molecule has 0 fully saturated rings. The molecule has 0 aliphatic heterocycles. The Bertz CT molecular complexity index is 420. The van der Waals surface area contributed by atoms with Crippen LogP contribution in [0.1, 0.15) is 5.56 Å². The molecule has 1 aromatic rings. The van der Waals surface area contributed by atoms with Gasteiger partial charge in [0.1, 0.15) is 0 Å². The van der Waals surface area contributed by atoms with E-state index in [4.69, 9.17) is 0 Å². The minimum atomic E-state index is 0.423. The Morgan fingerprint density at radius 2 is 2.08 bits per heavy atom. The Hall–Kier alpha value is -2.17. The molecule has 0 saturated heterocycles. The molecular weight excluding hydrogens is 166 g/mol. The van der Waals surface area contributed by atoms with Crippen molar-refractivity contribution >= 4 is 18.1 Å². The van der Waals surface area contributed by atoms with Crippen LogP contribution in [0.4, 0.5) is 5.69 Å². The van der Waals surface area contributed by atoms with Gasteiger partial charge in [-0.3, -0.25) is 4.79 Å². The summed E-state index contributed by atoms with van der Waals surface area (Å²) >= 11 is 0. The standard InChI is InChI=1S/C10H5NO2/c12-7-3-5-9-4-1-2-6-10(9)11-8-13/h1-2,4,6-7H. The van der Waals surface area contributed by atoms with E-state index in [1.165, 1.54) is 6.08 Å². The van der Waals surface area contributed by atoms with Gasteiger partial charge in [0.2, 0.25) is 6.08 Å². The maximum Gasteiger partial charge on any atom is 0.240 e. The van der Waals surface area contributed by atoms with Crippen molar-refractivity contribution in [3.8, 4) is 11.8 Å². The fourth-order valence-corrected chi connectivity index (χ4v) is 0.833. The van der Waals surface area contributed by atoms with Crippen molar-refractivity contribution in [2.45, 2.75) is 0 Å². The molecule has 0 atom stereocenters. The summed E-state index contributed by atoms with van der Waals surface area (Å²) in [6.07, 6.45) is 1.91. The number of carbonyl (C=O) groups excluding carboxylic acids is 2. The predicted octanol–water partition coefficient (Wildman–Crippen LogP) is 1.20. The zero-order valence-corrected chi connectivity index (χ0v) is 6.65. The van der Waals surface area contributed by atoms with Crippen LogP contribution in [0.2, 0.25) is 0 Å². The van der Waals surface area contributed by atoms with Crippen LogP contribution in [0.3, 0.4) is 0 Å². The molecule has 0 heterocycles.